The van der Waals surface area contributed by atoms with Gasteiger partial charge in [0, 0.05) is 35.4 Å². The van der Waals surface area contributed by atoms with Crippen molar-refractivity contribution in [3.05, 3.63) is 48.4 Å². The highest BCUT2D eigenvalue weighted by molar-refractivity contribution is 6.08. The highest BCUT2D eigenvalue weighted by Crippen LogP contribution is 2.39. The normalized spacial score (nSPS) is 18.0. The fourth-order valence-electron chi connectivity index (χ4n) is 3.49. The van der Waals surface area contributed by atoms with Crippen LogP contribution in [0.25, 0.3) is 22.1 Å². The lowest BCUT2D eigenvalue weighted by Crippen LogP contribution is -2.39. The monoisotopic (exact) mass is 307 g/mol. The molecule has 4 nitrogen and oxygen atoms in total. The summed E-state index contributed by atoms with van der Waals surface area (Å²) in [6.07, 6.45) is 6.35. The van der Waals surface area contributed by atoms with Gasteiger partial charge in [0.05, 0.1) is 5.69 Å². The molecule has 0 bridgehead atoms. The fourth-order valence-corrected chi connectivity index (χ4v) is 3.49. The number of rotatable bonds is 2. The molecule has 0 amide bonds. The van der Waals surface area contributed by atoms with Crippen molar-refractivity contribution >= 4 is 27.8 Å². The van der Waals surface area contributed by atoms with E-state index in [1.807, 2.05) is 6.07 Å². The van der Waals surface area contributed by atoms with Gasteiger partial charge >= 0.3 is 0 Å². The Morgan fingerprint density at radius 2 is 1.96 bits per heavy atom. The van der Waals surface area contributed by atoms with E-state index in [4.69, 9.17) is 4.42 Å². The van der Waals surface area contributed by atoms with Crippen molar-refractivity contribution in [2.45, 2.75) is 39.9 Å². The zero-order valence-electron chi connectivity index (χ0n) is 13.9. The van der Waals surface area contributed by atoms with Gasteiger partial charge < -0.3 is 14.2 Å². The predicted octanol–water partition coefficient (Wildman–Crippen LogP) is 4.64. The van der Waals surface area contributed by atoms with Gasteiger partial charge in [0.1, 0.15) is 6.17 Å². The molecule has 0 unspecified atom stereocenters. The number of aromatic nitrogens is 1. The molecule has 1 aliphatic heterocycles. The number of anilines is 1. The third kappa shape index (κ3) is 2.01. The van der Waals surface area contributed by atoms with E-state index in [9.17, 15) is 0 Å². The summed E-state index contributed by atoms with van der Waals surface area (Å²) in [5.41, 5.74) is 3.96. The molecule has 1 atom stereocenters. The number of furan rings is 1. The van der Waals surface area contributed by atoms with Crippen molar-refractivity contribution in [1.82, 2.24) is 9.88 Å². The van der Waals surface area contributed by atoms with Crippen LogP contribution in [0.5, 0.6) is 0 Å². The highest BCUT2D eigenvalue weighted by atomic mass is 16.3. The lowest BCUT2D eigenvalue weighted by molar-refractivity contribution is 0.263. The van der Waals surface area contributed by atoms with Gasteiger partial charge in [-0.3, -0.25) is 0 Å². The minimum atomic E-state index is 0.264. The van der Waals surface area contributed by atoms with Crippen molar-refractivity contribution in [1.29, 1.82) is 0 Å². The van der Waals surface area contributed by atoms with Crippen LogP contribution in [0.2, 0.25) is 0 Å². The average molecular weight is 307 g/mol. The first-order valence-electron chi connectivity index (χ1n) is 8.09. The number of benzene rings is 1. The van der Waals surface area contributed by atoms with E-state index >= 15 is 0 Å². The first kappa shape index (κ1) is 14.1. The Bertz CT molecular complexity index is 910. The molecule has 0 aliphatic carbocycles. The Hall–Kier alpha value is -2.49. The first-order chi connectivity index (χ1) is 11.1. The minimum Gasteiger partial charge on any atom is -0.435 e. The predicted molar refractivity (Wildman–Crippen MR) is 94.3 cm³/mol. The van der Waals surface area contributed by atoms with Crippen molar-refractivity contribution in [2.75, 3.05) is 4.90 Å². The van der Waals surface area contributed by atoms with E-state index in [1.165, 1.54) is 5.56 Å². The minimum absolute atomic E-state index is 0.264. The molecule has 4 heteroatoms. The number of aryl methyl sites for hydroxylation is 1. The summed E-state index contributed by atoms with van der Waals surface area (Å²) in [6, 6.07) is 8.78. The van der Waals surface area contributed by atoms with E-state index in [0.29, 0.717) is 11.8 Å². The molecule has 1 aromatic carbocycles. The lowest BCUT2D eigenvalue weighted by Gasteiger charge is -2.33. The summed E-state index contributed by atoms with van der Waals surface area (Å²) in [6.45, 7) is 8.78. The van der Waals surface area contributed by atoms with Gasteiger partial charge in [0.2, 0.25) is 5.71 Å². The molecular weight excluding hydrogens is 286 g/mol. The molecule has 0 fully saturated rings. The molecule has 0 N–H and O–H groups in total. The van der Waals surface area contributed by atoms with Gasteiger partial charge in [-0.1, -0.05) is 12.1 Å². The van der Waals surface area contributed by atoms with Crippen LogP contribution in [-0.2, 0) is 0 Å². The molecular formula is C19H21N3O. The van der Waals surface area contributed by atoms with E-state index in [2.05, 4.69) is 73.1 Å². The van der Waals surface area contributed by atoms with Crippen molar-refractivity contribution in [2.24, 2.45) is 0 Å². The summed E-state index contributed by atoms with van der Waals surface area (Å²) >= 11 is 0. The third-order valence-corrected chi connectivity index (χ3v) is 4.68. The standard InChI is InChI=1S/C19H21N3O/c1-12(2)21-10-11-22(14(21)4)17-13(3)7-8-15-16-6-5-9-20-19(16)23-18(15)17/h5-12,14H,1-4H3/t14-/m0/s1. The molecule has 1 aliphatic rings. The molecule has 0 saturated heterocycles. The summed E-state index contributed by atoms with van der Waals surface area (Å²) in [5.74, 6) is 0. The number of hydrogen-bond acceptors (Lipinski definition) is 4. The van der Waals surface area contributed by atoms with Crippen molar-refractivity contribution in [3.8, 4) is 0 Å². The second-order valence-electron chi connectivity index (χ2n) is 6.44. The van der Waals surface area contributed by atoms with Crippen molar-refractivity contribution < 1.29 is 4.42 Å². The Kier molecular flexibility index (Phi) is 3.08. The summed E-state index contributed by atoms with van der Waals surface area (Å²) < 4.78 is 6.12. The molecule has 2 aromatic heterocycles. The smallest absolute Gasteiger partial charge is 0.227 e. The molecule has 4 rings (SSSR count). The number of nitrogens with zero attached hydrogens (tertiary/aromatic N) is 3. The van der Waals surface area contributed by atoms with E-state index in [1.54, 1.807) is 6.20 Å². The molecule has 0 radical (unpaired) electrons. The zero-order chi connectivity index (χ0) is 16.1. The third-order valence-electron chi connectivity index (χ3n) is 4.68. The van der Waals surface area contributed by atoms with E-state index in [0.717, 1.165) is 22.0 Å². The first-order valence-corrected chi connectivity index (χ1v) is 8.09. The molecule has 118 valence electrons. The Balaban J connectivity index is 1.93. The maximum absolute atomic E-state index is 6.12. The zero-order valence-corrected chi connectivity index (χ0v) is 13.9. The van der Waals surface area contributed by atoms with Crippen molar-refractivity contribution in [3.63, 3.8) is 0 Å². The number of fused-ring (bicyclic) bond motifs is 3. The van der Waals surface area contributed by atoms with Gasteiger partial charge in [0.15, 0.2) is 5.58 Å². The maximum Gasteiger partial charge on any atom is 0.227 e. The van der Waals surface area contributed by atoms with E-state index in [-0.39, 0.29) is 6.17 Å². The highest BCUT2D eigenvalue weighted by Gasteiger charge is 2.28. The van der Waals surface area contributed by atoms with Crippen LogP contribution >= 0.6 is 0 Å². The summed E-state index contributed by atoms with van der Waals surface area (Å²) in [7, 11) is 0. The molecule has 3 aromatic rings. The van der Waals surface area contributed by atoms with Crippen LogP contribution in [-0.4, -0.2) is 22.1 Å². The SMILES string of the molecule is Cc1ccc2c(oc3ncccc32)c1N1C=CN(C(C)C)[C@@H]1C. The average Bonchev–Trinajstić information content (AvgIpc) is 3.08. The molecule has 0 saturated carbocycles. The molecule has 23 heavy (non-hydrogen) atoms. The summed E-state index contributed by atoms with van der Waals surface area (Å²) in [4.78, 5) is 9.00. The lowest BCUT2D eigenvalue weighted by atomic mass is 10.1. The number of pyridine rings is 1. The fraction of sp³-hybridized carbons (Fsp3) is 0.316. The summed E-state index contributed by atoms with van der Waals surface area (Å²) in [5, 5.41) is 2.19. The van der Waals surface area contributed by atoms with Crippen LogP contribution in [0.15, 0.2) is 47.3 Å². The number of hydrogen-bond donors (Lipinski definition) is 0. The van der Waals surface area contributed by atoms with Gasteiger partial charge in [-0.15, -0.1) is 0 Å². The second-order valence-corrected chi connectivity index (χ2v) is 6.44. The molecule has 3 heterocycles. The molecule has 0 spiro atoms. The van der Waals surface area contributed by atoms with Gasteiger partial charge in [-0.25, -0.2) is 4.98 Å². The van der Waals surface area contributed by atoms with Crippen LogP contribution in [0.1, 0.15) is 26.3 Å². The van der Waals surface area contributed by atoms with Gasteiger partial charge in [-0.2, -0.15) is 0 Å². The van der Waals surface area contributed by atoms with Gasteiger partial charge in [-0.05, 0) is 45.4 Å². The van der Waals surface area contributed by atoms with Crippen LogP contribution in [0.3, 0.4) is 0 Å². The maximum atomic E-state index is 6.12. The largest absolute Gasteiger partial charge is 0.435 e. The Morgan fingerprint density at radius 3 is 2.70 bits per heavy atom. The topological polar surface area (TPSA) is 32.5 Å². The van der Waals surface area contributed by atoms with Crippen LogP contribution in [0.4, 0.5) is 5.69 Å². The second kappa shape index (κ2) is 5.01. The Morgan fingerprint density at radius 1 is 1.13 bits per heavy atom. The van der Waals surface area contributed by atoms with Crippen LogP contribution < -0.4 is 4.90 Å². The van der Waals surface area contributed by atoms with Gasteiger partial charge in [0.25, 0.3) is 0 Å². The quantitative estimate of drug-likeness (QED) is 0.690. The Labute approximate surface area is 136 Å². The van der Waals surface area contributed by atoms with Crippen LogP contribution in [0, 0.1) is 6.92 Å². The van der Waals surface area contributed by atoms with E-state index < -0.39 is 0 Å².